The van der Waals surface area contributed by atoms with Crippen molar-refractivity contribution < 1.29 is 15.0 Å². The molecule has 0 aromatic heterocycles. The lowest BCUT2D eigenvalue weighted by Crippen LogP contribution is -2.70. The van der Waals surface area contributed by atoms with Crippen molar-refractivity contribution in [3.63, 3.8) is 0 Å². The molecule has 0 radical (unpaired) electrons. The van der Waals surface area contributed by atoms with Crippen molar-refractivity contribution in [2.24, 2.45) is 0 Å². The molecular weight excluding hydrogens is 340 g/mol. The molecule has 2 fully saturated rings. The number of aliphatic hydroxyl groups excluding tert-OH is 1. The number of rotatable bonds is 4. The number of carboxylic acid groups (broad SMARTS) is 1. The van der Waals surface area contributed by atoms with Gasteiger partial charge in [-0.3, -0.25) is 14.2 Å². The van der Waals surface area contributed by atoms with Crippen molar-refractivity contribution in [2.75, 3.05) is 27.2 Å². The molecular formula is C22H35N2O3+. The van der Waals surface area contributed by atoms with Gasteiger partial charge in [-0.15, -0.1) is 0 Å². The fraction of sp³-hybridized carbons (Fsp3) is 0.682. The van der Waals surface area contributed by atoms with Crippen molar-refractivity contribution in [1.29, 1.82) is 0 Å². The third kappa shape index (κ3) is 3.30. The summed E-state index contributed by atoms with van der Waals surface area (Å²) < 4.78 is 0.739. The molecule has 0 amide bonds. The average molecular weight is 376 g/mol. The van der Waals surface area contributed by atoms with E-state index in [9.17, 15) is 15.0 Å². The smallest absolute Gasteiger partial charge is 0.324 e. The molecule has 0 spiro atoms. The monoisotopic (exact) mass is 375 g/mol. The van der Waals surface area contributed by atoms with E-state index in [2.05, 4.69) is 32.0 Å². The molecule has 2 aliphatic rings. The van der Waals surface area contributed by atoms with E-state index in [0.717, 1.165) is 43.3 Å². The van der Waals surface area contributed by atoms with E-state index in [1.54, 1.807) is 0 Å². The molecule has 1 saturated carbocycles. The van der Waals surface area contributed by atoms with E-state index >= 15 is 0 Å². The predicted octanol–water partition coefficient (Wildman–Crippen LogP) is 3.09. The van der Waals surface area contributed by atoms with Crippen LogP contribution in [-0.2, 0) is 4.79 Å². The van der Waals surface area contributed by atoms with Gasteiger partial charge in [0, 0.05) is 30.4 Å². The second-order valence-electron chi connectivity index (χ2n) is 8.87. The van der Waals surface area contributed by atoms with Crippen LogP contribution in [0.5, 0.6) is 0 Å². The normalized spacial score (nSPS) is 34.6. The fourth-order valence-electron chi connectivity index (χ4n) is 5.76. The third-order valence-electron chi connectivity index (χ3n) is 7.32. The minimum atomic E-state index is -0.808. The van der Waals surface area contributed by atoms with Crippen molar-refractivity contribution in [3.8, 4) is 0 Å². The van der Waals surface area contributed by atoms with Crippen molar-refractivity contribution >= 4 is 11.7 Å². The predicted molar refractivity (Wildman–Crippen MR) is 109 cm³/mol. The van der Waals surface area contributed by atoms with Crippen LogP contribution >= 0.6 is 0 Å². The standard InChI is InChI=1S/C22H34N2O3/c1-16-8-7-9-17(2)20(16)24(18-10-5-6-11-19(18)25)14-12-22(13-15-24,21(26)27)23(3)4/h7-9,18-19,25H,5-6,10-15H2,1-4H3/p+1/t18-,19?,22?,24?/m1/s1. The molecule has 3 rings (SSSR count). The molecule has 1 aliphatic carbocycles. The molecule has 150 valence electrons. The number of piperidine rings is 1. The van der Waals surface area contributed by atoms with E-state index in [0.29, 0.717) is 12.8 Å². The maximum absolute atomic E-state index is 12.1. The fourth-order valence-corrected chi connectivity index (χ4v) is 5.76. The van der Waals surface area contributed by atoms with Crippen LogP contribution in [0.1, 0.15) is 49.7 Å². The van der Waals surface area contributed by atoms with Gasteiger partial charge in [-0.2, -0.15) is 0 Å². The first-order valence-electron chi connectivity index (χ1n) is 10.3. The van der Waals surface area contributed by atoms with Crippen LogP contribution in [0.25, 0.3) is 0 Å². The van der Waals surface area contributed by atoms with Gasteiger partial charge in [0.25, 0.3) is 0 Å². The van der Waals surface area contributed by atoms with E-state index < -0.39 is 11.5 Å². The molecule has 1 aromatic carbocycles. The molecule has 1 saturated heterocycles. The number of aliphatic hydroxyl groups is 1. The first-order chi connectivity index (χ1) is 12.7. The topological polar surface area (TPSA) is 60.8 Å². The Balaban J connectivity index is 2.07. The first-order valence-corrected chi connectivity index (χ1v) is 10.3. The summed E-state index contributed by atoms with van der Waals surface area (Å²) in [6, 6.07) is 6.56. The molecule has 27 heavy (non-hydrogen) atoms. The zero-order valence-corrected chi connectivity index (χ0v) is 17.2. The Morgan fingerprint density at radius 3 is 2.15 bits per heavy atom. The highest BCUT2D eigenvalue weighted by molar-refractivity contribution is 5.79. The van der Waals surface area contributed by atoms with Gasteiger partial charge in [-0.25, -0.2) is 0 Å². The number of likely N-dealkylation sites (tertiary alicyclic amines) is 1. The maximum Gasteiger partial charge on any atom is 0.324 e. The molecule has 5 nitrogen and oxygen atoms in total. The minimum Gasteiger partial charge on any atom is -0.480 e. The Kier molecular flexibility index (Phi) is 5.67. The van der Waals surface area contributed by atoms with Crippen LogP contribution in [0.3, 0.4) is 0 Å². The number of carbonyl (C=O) groups is 1. The number of nitrogens with zero attached hydrogens (tertiary/aromatic N) is 2. The summed E-state index contributed by atoms with van der Waals surface area (Å²) in [7, 11) is 3.76. The summed E-state index contributed by atoms with van der Waals surface area (Å²) >= 11 is 0. The van der Waals surface area contributed by atoms with Gasteiger partial charge >= 0.3 is 5.97 Å². The zero-order valence-electron chi connectivity index (χ0n) is 17.2. The number of para-hydroxylation sites is 1. The second kappa shape index (κ2) is 7.53. The van der Waals surface area contributed by atoms with Crippen LogP contribution < -0.4 is 4.48 Å². The van der Waals surface area contributed by atoms with Crippen molar-refractivity contribution in [2.45, 2.75) is 70.1 Å². The Labute approximate surface area is 163 Å². The van der Waals surface area contributed by atoms with E-state index in [-0.39, 0.29) is 12.1 Å². The highest BCUT2D eigenvalue weighted by atomic mass is 16.4. The average Bonchev–Trinajstić information content (AvgIpc) is 2.62. The van der Waals surface area contributed by atoms with Crippen LogP contribution in [0.15, 0.2) is 18.2 Å². The van der Waals surface area contributed by atoms with E-state index in [4.69, 9.17) is 0 Å². The van der Waals surface area contributed by atoms with Crippen molar-refractivity contribution in [1.82, 2.24) is 9.38 Å². The minimum absolute atomic E-state index is 0.160. The summed E-state index contributed by atoms with van der Waals surface area (Å²) in [6.07, 6.45) is 4.99. The number of aryl methyl sites for hydroxylation is 2. The number of aliphatic carboxylic acids is 1. The van der Waals surface area contributed by atoms with Crippen molar-refractivity contribution in [3.05, 3.63) is 29.3 Å². The Morgan fingerprint density at radius 1 is 1.11 bits per heavy atom. The van der Waals surface area contributed by atoms with Gasteiger partial charge in [0.15, 0.2) is 0 Å². The lowest BCUT2D eigenvalue weighted by atomic mass is 9.80. The zero-order chi connectivity index (χ0) is 19.8. The maximum atomic E-state index is 12.1. The van der Waals surface area contributed by atoms with Crippen LogP contribution in [0, 0.1) is 13.8 Å². The molecule has 1 aromatic rings. The number of hydrogen-bond donors (Lipinski definition) is 2. The molecule has 2 N–H and O–H groups in total. The quantitative estimate of drug-likeness (QED) is 0.794. The first kappa shape index (κ1) is 20.3. The van der Waals surface area contributed by atoms with Gasteiger partial charge in [0.05, 0.1) is 13.1 Å². The molecule has 0 bridgehead atoms. The number of likely N-dealkylation sites (N-methyl/N-ethyl adjacent to an activating group) is 1. The summed E-state index contributed by atoms with van der Waals surface area (Å²) in [5.41, 5.74) is 3.00. The Bertz CT molecular complexity index is 673. The molecule has 5 heteroatoms. The number of quaternary nitrogens is 1. The number of benzene rings is 1. The third-order valence-corrected chi connectivity index (χ3v) is 7.32. The molecule has 1 aliphatic heterocycles. The summed E-state index contributed by atoms with van der Waals surface area (Å²) in [4.78, 5) is 14.0. The van der Waals surface area contributed by atoms with Crippen LogP contribution in [-0.4, -0.2) is 66.0 Å². The number of hydrogen-bond acceptors (Lipinski definition) is 3. The lowest BCUT2D eigenvalue weighted by molar-refractivity contribution is -0.154. The molecule has 1 unspecified atom stereocenters. The summed E-state index contributed by atoms with van der Waals surface area (Å²) in [5, 5.41) is 20.9. The number of carboxylic acids is 1. The van der Waals surface area contributed by atoms with Gasteiger partial charge in [-0.1, -0.05) is 24.6 Å². The second-order valence-corrected chi connectivity index (χ2v) is 8.87. The highest BCUT2D eigenvalue weighted by Gasteiger charge is 2.54. The summed E-state index contributed by atoms with van der Waals surface area (Å²) in [6.45, 7) is 5.83. The van der Waals surface area contributed by atoms with Gasteiger partial charge in [0.2, 0.25) is 0 Å². The SMILES string of the molecule is Cc1cccc(C)c1[N+]1([C@@H]2CCCCC2O)CCC(C(=O)O)(N(C)C)CC1. The lowest BCUT2D eigenvalue weighted by Gasteiger charge is -2.54. The van der Waals surface area contributed by atoms with Crippen LogP contribution in [0.2, 0.25) is 0 Å². The van der Waals surface area contributed by atoms with Gasteiger partial charge in [-0.05, 0) is 40.8 Å². The van der Waals surface area contributed by atoms with Crippen LogP contribution in [0.4, 0.5) is 5.69 Å². The van der Waals surface area contributed by atoms with E-state index in [1.807, 2.05) is 19.0 Å². The van der Waals surface area contributed by atoms with Gasteiger partial charge < -0.3 is 10.2 Å². The van der Waals surface area contributed by atoms with E-state index in [1.165, 1.54) is 16.8 Å². The summed E-state index contributed by atoms with van der Waals surface area (Å²) in [5.74, 6) is -0.726. The van der Waals surface area contributed by atoms with Gasteiger partial charge in [0.1, 0.15) is 23.4 Å². The Hall–Kier alpha value is -1.43. The molecule has 2 atom stereocenters. The Morgan fingerprint density at radius 2 is 1.67 bits per heavy atom. The molecule has 1 heterocycles. The highest BCUT2D eigenvalue weighted by Crippen LogP contribution is 2.44. The largest absolute Gasteiger partial charge is 0.480 e.